The quantitative estimate of drug-likeness (QED) is 0.342. The van der Waals surface area contributed by atoms with Crippen molar-refractivity contribution in [3.8, 4) is 11.5 Å². The normalized spacial score (nSPS) is 15.4. The van der Waals surface area contributed by atoms with E-state index in [0.29, 0.717) is 28.7 Å². The Bertz CT molecular complexity index is 1290. The summed E-state index contributed by atoms with van der Waals surface area (Å²) in [4.78, 5) is 21.9. The van der Waals surface area contributed by atoms with Gasteiger partial charge in [0, 0.05) is 36.9 Å². The first-order chi connectivity index (χ1) is 17.6. The van der Waals surface area contributed by atoms with Crippen molar-refractivity contribution in [3.63, 3.8) is 0 Å². The van der Waals surface area contributed by atoms with Crippen molar-refractivity contribution in [1.29, 1.82) is 0 Å². The zero-order chi connectivity index (χ0) is 26.7. The number of fused-ring (bicyclic) bond motifs is 1. The molecular weight excluding hydrogens is 482 g/mol. The summed E-state index contributed by atoms with van der Waals surface area (Å²) in [5, 5.41) is 3.82. The predicted octanol–water partition coefficient (Wildman–Crippen LogP) is 6.99. The topological polar surface area (TPSA) is 63.2 Å². The average molecular weight is 520 g/mol. The Morgan fingerprint density at radius 3 is 2.46 bits per heavy atom. The lowest BCUT2D eigenvalue weighted by atomic mass is 9.72. The smallest absolute Gasteiger partial charge is 0.259 e. The molecule has 1 amide bonds. The van der Waals surface area contributed by atoms with Crippen LogP contribution in [0.4, 0.5) is 16.4 Å². The van der Waals surface area contributed by atoms with Crippen molar-refractivity contribution in [2.45, 2.75) is 40.0 Å². The number of rotatable bonds is 7. The number of anilines is 2. The van der Waals surface area contributed by atoms with E-state index in [4.69, 9.17) is 14.5 Å². The van der Waals surface area contributed by atoms with Gasteiger partial charge in [0.2, 0.25) is 0 Å². The molecule has 37 heavy (non-hydrogen) atoms. The van der Waals surface area contributed by atoms with Gasteiger partial charge in [-0.3, -0.25) is 4.79 Å². The Kier molecular flexibility index (Phi) is 7.93. The van der Waals surface area contributed by atoms with E-state index in [-0.39, 0.29) is 11.3 Å². The van der Waals surface area contributed by atoms with E-state index in [1.165, 1.54) is 4.88 Å². The third kappa shape index (κ3) is 5.99. The molecule has 1 atom stereocenters. The van der Waals surface area contributed by atoms with Crippen LogP contribution in [0.3, 0.4) is 0 Å². The molecule has 6 nitrogen and oxygen atoms in total. The highest BCUT2D eigenvalue weighted by molar-refractivity contribution is 7.16. The Balaban J connectivity index is 1.69. The van der Waals surface area contributed by atoms with E-state index in [9.17, 15) is 4.79 Å². The lowest BCUT2D eigenvalue weighted by molar-refractivity contribution is 0.102. The van der Waals surface area contributed by atoms with Crippen molar-refractivity contribution in [2.75, 3.05) is 38.5 Å². The lowest BCUT2D eigenvalue weighted by Crippen LogP contribution is -2.27. The average Bonchev–Trinajstić information content (AvgIpc) is 3.25. The second kappa shape index (κ2) is 11.0. The van der Waals surface area contributed by atoms with Gasteiger partial charge < -0.3 is 19.7 Å². The Morgan fingerprint density at radius 1 is 1.11 bits per heavy atom. The summed E-state index contributed by atoms with van der Waals surface area (Å²) in [6.45, 7) is 6.91. The molecule has 3 aromatic rings. The molecule has 0 spiro atoms. The monoisotopic (exact) mass is 519 g/mol. The molecule has 0 aliphatic heterocycles. The molecule has 1 aliphatic carbocycles. The van der Waals surface area contributed by atoms with Gasteiger partial charge in [-0.25, -0.2) is 4.99 Å². The summed E-state index contributed by atoms with van der Waals surface area (Å²) < 4.78 is 10.8. The first kappa shape index (κ1) is 26.7. The molecule has 0 unspecified atom stereocenters. The summed E-state index contributed by atoms with van der Waals surface area (Å²) >= 11 is 1.65. The highest BCUT2D eigenvalue weighted by Crippen LogP contribution is 2.45. The zero-order valence-electron chi connectivity index (χ0n) is 22.8. The molecule has 0 saturated carbocycles. The van der Waals surface area contributed by atoms with Crippen molar-refractivity contribution in [1.82, 2.24) is 0 Å². The van der Waals surface area contributed by atoms with E-state index in [0.717, 1.165) is 41.1 Å². The molecule has 0 bridgehead atoms. The third-order valence-corrected chi connectivity index (χ3v) is 8.26. The van der Waals surface area contributed by atoms with Crippen LogP contribution in [0.15, 0.2) is 47.5 Å². The molecule has 1 aromatic heterocycles. The van der Waals surface area contributed by atoms with E-state index in [1.54, 1.807) is 37.7 Å². The second-order valence-corrected chi connectivity index (χ2v) is 11.8. The van der Waals surface area contributed by atoms with Crippen molar-refractivity contribution >= 4 is 39.8 Å². The maximum Gasteiger partial charge on any atom is 0.259 e. The summed E-state index contributed by atoms with van der Waals surface area (Å²) in [6.07, 6.45) is 4.77. The summed E-state index contributed by atoms with van der Waals surface area (Å²) in [5.74, 6) is 1.63. The number of carbonyl (C=O) groups is 1. The summed E-state index contributed by atoms with van der Waals surface area (Å²) in [7, 11) is 7.23. The number of aliphatic imine (C=N–C) groups is 1. The maximum absolute atomic E-state index is 13.7. The van der Waals surface area contributed by atoms with E-state index in [2.05, 4.69) is 43.1 Å². The minimum Gasteiger partial charge on any atom is -0.497 e. The van der Waals surface area contributed by atoms with Crippen LogP contribution in [0.25, 0.3) is 0 Å². The van der Waals surface area contributed by atoms with E-state index >= 15 is 0 Å². The number of nitrogens with one attached hydrogen (secondary N) is 1. The van der Waals surface area contributed by atoms with Crippen LogP contribution in [-0.2, 0) is 12.8 Å². The molecule has 7 heteroatoms. The Labute approximate surface area is 224 Å². The maximum atomic E-state index is 13.7. The van der Waals surface area contributed by atoms with Crippen LogP contribution in [0.2, 0.25) is 0 Å². The molecule has 4 rings (SSSR count). The van der Waals surface area contributed by atoms with Gasteiger partial charge in [0.1, 0.15) is 16.5 Å². The molecular formula is C30H37N3O3S. The minimum atomic E-state index is -0.162. The molecule has 0 fully saturated rings. The van der Waals surface area contributed by atoms with Crippen LogP contribution >= 0.6 is 11.3 Å². The van der Waals surface area contributed by atoms with E-state index in [1.807, 2.05) is 38.5 Å². The predicted molar refractivity (Wildman–Crippen MR) is 155 cm³/mol. The lowest BCUT2D eigenvalue weighted by Gasteiger charge is -2.33. The SMILES string of the molecule is COc1ccc(NC(=O)c2c(N=Cc3ccc(N(C)C)cc3)sc3c2CC[C@@H](C(C)(C)C)C3)c(OC)c1. The number of methoxy groups -OCH3 is 2. The summed E-state index contributed by atoms with van der Waals surface area (Å²) in [6, 6.07) is 13.6. The molecule has 1 aliphatic rings. The number of ether oxygens (including phenoxy) is 2. The van der Waals surface area contributed by atoms with Crippen LogP contribution in [0, 0.1) is 11.3 Å². The number of amides is 1. The molecule has 196 valence electrons. The molecule has 0 radical (unpaired) electrons. The van der Waals surface area contributed by atoms with Crippen molar-refractivity contribution in [2.24, 2.45) is 16.3 Å². The van der Waals surface area contributed by atoms with Gasteiger partial charge in [0.15, 0.2) is 0 Å². The number of nitrogens with zero attached hydrogens (tertiary/aromatic N) is 2. The second-order valence-electron chi connectivity index (χ2n) is 10.8. The highest BCUT2D eigenvalue weighted by Gasteiger charge is 2.33. The first-order valence-corrected chi connectivity index (χ1v) is 13.4. The number of hydrogen-bond acceptors (Lipinski definition) is 6. The number of carbonyl (C=O) groups excluding carboxylic acids is 1. The third-order valence-electron chi connectivity index (χ3n) is 7.10. The molecule has 1 N–H and O–H groups in total. The van der Waals surface area contributed by atoms with Gasteiger partial charge in [-0.2, -0.15) is 0 Å². The minimum absolute atomic E-state index is 0.162. The van der Waals surface area contributed by atoms with Gasteiger partial charge in [-0.1, -0.05) is 32.9 Å². The zero-order valence-corrected chi connectivity index (χ0v) is 23.7. The largest absolute Gasteiger partial charge is 0.497 e. The summed E-state index contributed by atoms with van der Waals surface area (Å²) in [5.41, 5.74) is 4.75. The Morgan fingerprint density at radius 2 is 1.84 bits per heavy atom. The fourth-order valence-corrected chi connectivity index (χ4v) is 5.98. The Hall–Kier alpha value is -3.32. The molecule has 0 saturated heterocycles. The van der Waals surface area contributed by atoms with Crippen LogP contribution in [0.5, 0.6) is 11.5 Å². The van der Waals surface area contributed by atoms with Crippen LogP contribution in [-0.4, -0.2) is 40.4 Å². The van der Waals surface area contributed by atoms with Crippen molar-refractivity contribution in [3.05, 3.63) is 64.0 Å². The van der Waals surface area contributed by atoms with Gasteiger partial charge >= 0.3 is 0 Å². The van der Waals surface area contributed by atoms with Crippen molar-refractivity contribution < 1.29 is 14.3 Å². The number of benzene rings is 2. The molecule has 2 aromatic carbocycles. The molecule has 1 heterocycles. The van der Waals surface area contributed by atoms with Gasteiger partial charge in [0.05, 0.1) is 25.5 Å². The van der Waals surface area contributed by atoms with E-state index < -0.39 is 0 Å². The highest BCUT2D eigenvalue weighted by atomic mass is 32.1. The van der Waals surface area contributed by atoms with Gasteiger partial charge in [0.25, 0.3) is 5.91 Å². The van der Waals surface area contributed by atoms with Gasteiger partial charge in [-0.15, -0.1) is 11.3 Å². The fourth-order valence-electron chi connectivity index (χ4n) is 4.71. The van der Waals surface area contributed by atoms with Crippen LogP contribution < -0.4 is 19.7 Å². The van der Waals surface area contributed by atoms with Crippen LogP contribution in [0.1, 0.15) is 53.6 Å². The fraction of sp³-hybridized carbons (Fsp3) is 0.400. The number of thiophene rings is 1. The van der Waals surface area contributed by atoms with Gasteiger partial charge in [-0.05, 0) is 66.0 Å². The standard InChI is InChI=1S/C30H37N3O3S/c1-30(2,3)20-10-14-23-26(16-20)37-29(31-18-19-8-11-21(12-9-19)33(4)5)27(23)28(34)32-24-15-13-22(35-6)17-25(24)36-7/h8-9,11-13,15,17-18,20H,10,14,16H2,1-7H3,(H,32,34)/t20-/m1/s1. The first-order valence-electron chi connectivity index (χ1n) is 12.6. The number of hydrogen-bond donors (Lipinski definition) is 1.